The molecular formula is C27H33N3O8. The van der Waals surface area contributed by atoms with E-state index in [1.54, 1.807) is 18.2 Å². The molecule has 204 valence electrons. The minimum atomic E-state index is -0.973. The van der Waals surface area contributed by atoms with E-state index >= 15 is 0 Å². The van der Waals surface area contributed by atoms with Crippen LogP contribution < -0.4 is 14.8 Å². The summed E-state index contributed by atoms with van der Waals surface area (Å²) in [5.41, 5.74) is 1.23. The van der Waals surface area contributed by atoms with Crippen molar-refractivity contribution in [1.29, 1.82) is 0 Å². The van der Waals surface area contributed by atoms with E-state index < -0.39 is 6.04 Å². The fourth-order valence-electron chi connectivity index (χ4n) is 3.87. The van der Waals surface area contributed by atoms with Crippen LogP contribution in [0.15, 0.2) is 53.6 Å². The number of amides is 2. The Morgan fingerprint density at radius 2 is 1.34 bits per heavy atom. The Kier molecular flexibility index (Phi) is 10.5. The first-order valence-electron chi connectivity index (χ1n) is 12.6. The predicted molar refractivity (Wildman–Crippen MR) is 137 cm³/mol. The smallest absolute Gasteiger partial charge is 0.255 e. The summed E-state index contributed by atoms with van der Waals surface area (Å²) in [6.07, 6.45) is 0. The molecular weight excluding hydrogens is 494 g/mol. The van der Waals surface area contributed by atoms with Crippen LogP contribution in [0.1, 0.15) is 24.1 Å². The topological polar surface area (TPSA) is 117 Å². The number of ether oxygens (including phenoxy) is 6. The molecule has 2 amide bonds. The molecule has 1 atom stereocenters. The van der Waals surface area contributed by atoms with Gasteiger partial charge in [-0.2, -0.15) is 5.10 Å². The number of hydrazone groups is 1. The first kappa shape index (κ1) is 27.5. The van der Waals surface area contributed by atoms with Crippen molar-refractivity contribution in [3.8, 4) is 11.5 Å². The number of hydrogen-bond acceptors (Lipinski definition) is 9. The summed E-state index contributed by atoms with van der Waals surface area (Å²) in [4.78, 5) is 25.8. The fourth-order valence-corrected chi connectivity index (χ4v) is 3.87. The number of carbonyl (C=O) groups is 2. The predicted octanol–water partition coefficient (Wildman–Crippen LogP) is 1.91. The van der Waals surface area contributed by atoms with Crippen molar-refractivity contribution < 1.29 is 38.0 Å². The minimum absolute atomic E-state index is 0.253. The van der Waals surface area contributed by atoms with Gasteiger partial charge in [0, 0.05) is 12.5 Å². The summed E-state index contributed by atoms with van der Waals surface area (Å²) in [5, 5.41) is 8.45. The van der Waals surface area contributed by atoms with Crippen molar-refractivity contribution in [1.82, 2.24) is 10.3 Å². The third kappa shape index (κ3) is 7.75. The maximum absolute atomic E-state index is 13.2. The third-order valence-corrected chi connectivity index (χ3v) is 5.68. The molecule has 2 aliphatic heterocycles. The second kappa shape index (κ2) is 14.4. The molecule has 1 unspecified atom stereocenters. The fraction of sp³-hybridized carbons (Fsp3) is 0.444. The second-order valence-corrected chi connectivity index (χ2v) is 8.42. The zero-order valence-electron chi connectivity index (χ0n) is 21.4. The Balaban J connectivity index is 1.53. The van der Waals surface area contributed by atoms with Crippen LogP contribution in [0.5, 0.6) is 11.5 Å². The lowest BCUT2D eigenvalue weighted by Gasteiger charge is -2.31. The van der Waals surface area contributed by atoms with Gasteiger partial charge in [0.25, 0.3) is 5.91 Å². The van der Waals surface area contributed by atoms with Crippen LogP contribution in [0.4, 0.5) is 0 Å². The molecule has 11 nitrogen and oxygen atoms in total. The summed E-state index contributed by atoms with van der Waals surface area (Å²) in [5.74, 6) is 0.461. The Morgan fingerprint density at radius 1 is 0.789 bits per heavy atom. The van der Waals surface area contributed by atoms with Gasteiger partial charge in [0.1, 0.15) is 13.2 Å². The van der Waals surface area contributed by atoms with Crippen molar-refractivity contribution in [3.63, 3.8) is 0 Å². The van der Waals surface area contributed by atoms with Gasteiger partial charge < -0.3 is 33.7 Å². The molecule has 0 aromatic heterocycles. The van der Waals surface area contributed by atoms with E-state index in [9.17, 15) is 9.59 Å². The first-order chi connectivity index (χ1) is 18.6. The maximum atomic E-state index is 13.2. The molecule has 0 radical (unpaired) electrons. The van der Waals surface area contributed by atoms with Gasteiger partial charge in [0.05, 0.1) is 52.9 Å². The molecule has 2 aliphatic rings. The Morgan fingerprint density at radius 3 is 1.92 bits per heavy atom. The molecule has 38 heavy (non-hydrogen) atoms. The molecule has 1 N–H and O–H groups in total. The van der Waals surface area contributed by atoms with Gasteiger partial charge in [-0.25, -0.2) is 5.01 Å². The Hall–Kier alpha value is -3.51. The summed E-state index contributed by atoms with van der Waals surface area (Å²) < 4.78 is 33.9. The van der Waals surface area contributed by atoms with Gasteiger partial charge >= 0.3 is 0 Å². The first-order valence-corrected chi connectivity index (χ1v) is 12.6. The monoisotopic (exact) mass is 527 g/mol. The number of benzene rings is 2. The summed E-state index contributed by atoms with van der Waals surface area (Å²) >= 11 is 0. The number of hydrogen-bond donors (Lipinski definition) is 1. The van der Waals surface area contributed by atoms with E-state index in [0.29, 0.717) is 87.9 Å². The molecule has 0 fully saturated rings. The lowest BCUT2D eigenvalue weighted by atomic mass is 10.0. The normalized spacial score (nSPS) is 20.4. The summed E-state index contributed by atoms with van der Waals surface area (Å²) in [6, 6.07) is 13.3. The Bertz CT molecular complexity index is 1090. The van der Waals surface area contributed by atoms with Gasteiger partial charge in [-0.05, 0) is 17.7 Å². The van der Waals surface area contributed by atoms with Crippen LogP contribution in [0, 0.1) is 0 Å². The maximum Gasteiger partial charge on any atom is 0.255 e. The highest BCUT2D eigenvalue weighted by atomic mass is 16.6. The molecule has 11 heteroatoms. The van der Waals surface area contributed by atoms with E-state index in [1.165, 1.54) is 11.9 Å². The van der Waals surface area contributed by atoms with Crippen molar-refractivity contribution >= 4 is 17.6 Å². The van der Waals surface area contributed by atoms with Gasteiger partial charge in [-0.3, -0.25) is 9.59 Å². The van der Waals surface area contributed by atoms with E-state index in [4.69, 9.17) is 28.4 Å². The number of nitrogens with one attached hydrogen (secondary N) is 1. The lowest BCUT2D eigenvalue weighted by Crippen LogP contribution is -2.48. The van der Waals surface area contributed by atoms with Crippen molar-refractivity contribution in [3.05, 3.63) is 59.7 Å². The standard InChI is InChI=1S/C27H33N3O8/c1-20(31)30-25(27(32)28-26(29-30)21-5-3-2-4-6-21)22-7-8-23-24(19-22)38-18-16-36-14-12-34-10-9-33-11-13-35-15-17-37-23/h2-8,19,25H,9-18H2,1H3,(H,28,29,32). The van der Waals surface area contributed by atoms with E-state index in [-0.39, 0.29) is 18.4 Å². The van der Waals surface area contributed by atoms with Gasteiger partial charge in [-0.15, -0.1) is 0 Å². The number of rotatable bonds is 2. The third-order valence-electron chi connectivity index (χ3n) is 5.68. The van der Waals surface area contributed by atoms with Crippen LogP contribution >= 0.6 is 0 Å². The molecule has 4 rings (SSSR count). The average molecular weight is 528 g/mol. The van der Waals surface area contributed by atoms with Crippen LogP contribution in [-0.4, -0.2) is 88.7 Å². The highest BCUT2D eigenvalue weighted by Gasteiger charge is 2.35. The van der Waals surface area contributed by atoms with Gasteiger partial charge in [0.15, 0.2) is 23.4 Å². The number of carbonyl (C=O) groups excluding carboxylic acids is 2. The molecule has 0 spiro atoms. The highest BCUT2D eigenvalue weighted by molar-refractivity contribution is 6.11. The SMILES string of the molecule is CC(=O)N1N=C(c2ccccc2)NC(=O)C1c1ccc2c(c1)OCCOCCOCCOCCOCCO2. The molecule has 2 aromatic rings. The largest absolute Gasteiger partial charge is 0.487 e. The van der Waals surface area contributed by atoms with Crippen molar-refractivity contribution in [2.24, 2.45) is 5.10 Å². The quantitative estimate of drug-likeness (QED) is 0.630. The molecule has 2 heterocycles. The van der Waals surface area contributed by atoms with E-state index in [2.05, 4.69) is 10.4 Å². The Labute approximate surface area is 221 Å². The highest BCUT2D eigenvalue weighted by Crippen LogP contribution is 2.34. The molecule has 0 bridgehead atoms. The zero-order valence-corrected chi connectivity index (χ0v) is 21.4. The minimum Gasteiger partial charge on any atom is -0.487 e. The molecule has 0 aliphatic carbocycles. The number of nitrogens with zero attached hydrogens (tertiary/aromatic N) is 2. The summed E-state index contributed by atoms with van der Waals surface area (Å²) in [7, 11) is 0. The second-order valence-electron chi connectivity index (χ2n) is 8.42. The average Bonchev–Trinajstić information content (AvgIpc) is 2.93. The van der Waals surface area contributed by atoms with Crippen molar-refractivity contribution in [2.45, 2.75) is 13.0 Å². The van der Waals surface area contributed by atoms with E-state index in [0.717, 1.165) is 0 Å². The van der Waals surface area contributed by atoms with E-state index in [1.807, 2.05) is 30.3 Å². The number of amidine groups is 1. The van der Waals surface area contributed by atoms with Crippen LogP contribution in [0.25, 0.3) is 0 Å². The van der Waals surface area contributed by atoms with Crippen molar-refractivity contribution in [2.75, 3.05) is 66.1 Å². The molecule has 2 aromatic carbocycles. The molecule has 0 saturated heterocycles. The van der Waals surface area contributed by atoms with Crippen LogP contribution in [0.3, 0.4) is 0 Å². The van der Waals surface area contributed by atoms with Crippen LogP contribution in [0.2, 0.25) is 0 Å². The number of fused-ring (bicyclic) bond motifs is 1. The zero-order chi connectivity index (χ0) is 26.6. The van der Waals surface area contributed by atoms with Crippen LogP contribution in [-0.2, 0) is 28.5 Å². The lowest BCUT2D eigenvalue weighted by molar-refractivity contribution is -0.139. The van der Waals surface area contributed by atoms with Gasteiger partial charge in [0.2, 0.25) is 5.91 Å². The summed E-state index contributed by atoms with van der Waals surface area (Å²) in [6.45, 7) is 5.39. The van der Waals surface area contributed by atoms with Gasteiger partial charge in [-0.1, -0.05) is 36.4 Å². The molecule has 0 saturated carbocycles.